The SMILES string of the molecule is COc1ccc(C(=O)c2sc3nc(C)c(C(=O)O)c(-c4ccc(OC)cc4)c3c2N)cc1. The molecule has 4 rings (SSSR count). The molecule has 3 N–H and O–H groups in total. The van der Waals surface area contributed by atoms with E-state index in [0.29, 0.717) is 49.0 Å². The summed E-state index contributed by atoms with van der Waals surface area (Å²) in [5.41, 5.74) is 8.60. The van der Waals surface area contributed by atoms with E-state index in [1.54, 1.807) is 69.7 Å². The number of benzene rings is 2. The minimum atomic E-state index is -1.11. The molecule has 0 aliphatic rings. The van der Waals surface area contributed by atoms with E-state index in [-0.39, 0.29) is 17.0 Å². The van der Waals surface area contributed by atoms with E-state index < -0.39 is 5.97 Å². The average molecular weight is 449 g/mol. The number of fused-ring (bicyclic) bond motifs is 1. The van der Waals surface area contributed by atoms with Crippen LogP contribution in [0, 0.1) is 6.92 Å². The molecule has 0 saturated heterocycles. The van der Waals surface area contributed by atoms with Crippen molar-refractivity contribution in [2.24, 2.45) is 0 Å². The number of nitrogens with two attached hydrogens (primary N) is 1. The van der Waals surface area contributed by atoms with E-state index in [1.807, 2.05) is 0 Å². The molecule has 0 radical (unpaired) electrons. The average Bonchev–Trinajstić information content (AvgIpc) is 3.13. The standard InChI is InChI=1S/C24H20N2O5S/c1-12-17(24(28)29)18(13-4-8-15(30-2)9-5-13)19-20(25)22(32-23(19)26-12)21(27)14-6-10-16(31-3)11-7-14/h4-11H,25H2,1-3H3,(H,28,29). The summed E-state index contributed by atoms with van der Waals surface area (Å²) < 4.78 is 10.4. The number of pyridine rings is 1. The summed E-state index contributed by atoms with van der Waals surface area (Å²) in [4.78, 5) is 30.6. The molecule has 0 saturated carbocycles. The Morgan fingerprint density at radius 2 is 1.53 bits per heavy atom. The van der Waals surface area contributed by atoms with Crippen molar-refractivity contribution >= 4 is 39.0 Å². The lowest BCUT2D eigenvalue weighted by Gasteiger charge is -2.12. The Morgan fingerprint density at radius 3 is 2.06 bits per heavy atom. The van der Waals surface area contributed by atoms with E-state index in [9.17, 15) is 14.7 Å². The van der Waals surface area contributed by atoms with Gasteiger partial charge < -0.3 is 20.3 Å². The maximum Gasteiger partial charge on any atom is 0.338 e. The zero-order valence-corrected chi connectivity index (χ0v) is 18.4. The molecule has 0 fully saturated rings. The molecular formula is C24H20N2O5S. The van der Waals surface area contributed by atoms with Crippen LogP contribution in [-0.2, 0) is 0 Å². The van der Waals surface area contributed by atoms with Crippen LogP contribution in [0.2, 0.25) is 0 Å². The predicted octanol–water partition coefficient (Wildman–Crippen LogP) is 4.80. The van der Waals surface area contributed by atoms with Crippen molar-refractivity contribution in [2.75, 3.05) is 20.0 Å². The molecule has 0 atom stereocenters. The van der Waals surface area contributed by atoms with E-state index in [0.717, 1.165) is 11.3 Å². The van der Waals surface area contributed by atoms with Crippen molar-refractivity contribution < 1.29 is 24.2 Å². The molecule has 2 heterocycles. The number of anilines is 1. The maximum absolute atomic E-state index is 13.2. The number of rotatable bonds is 6. The number of aromatic nitrogens is 1. The van der Waals surface area contributed by atoms with Crippen LogP contribution >= 0.6 is 11.3 Å². The Balaban J connectivity index is 1.96. The van der Waals surface area contributed by atoms with Crippen molar-refractivity contribution in [2.45, 2.75) is 6.92 Å². The van der Waals surface area contributed by atoms with Crippen LogP contribution in [-0.4, -0.2) is 36.1 Å². The lowest BCUT2D eigenvalue weighted by atomic mass is 9.95. The first-order valence-corrected chi connectivity index (χ1v) is 10.5. The lowest BCUT2D eigenvalue weighted by molar-refractivity contribution is 0.0696. The highest BCUT2D eigenvalue weighted by Gasteiger charge is 2.26. The second kappa shape index (κ2) is 8.32. The van der Waals surface area contributed by atoms with E-state index >= 15 is 0 Å². The van der Waals surface area contributed by atoms with Gasteiger partial charge in [0.25, 0.3) is 0 Å². The maximum atomic E-state index is 13.2. The zero-order chi connectivity index (χ0) is 23.0. The number of nitrogens with zero attached hydrogens (tertiary/aromatic N) is 1. The number of hydrogen-bond donors (Lipinski definition) is 2. The Labute approximate surface area is 188 Å². The van der Waals surface area contributed by atoms with Crippen LogP contribution in [0.1, 0.15) is 31.3 Å². The molecule has 162 valence electrons. The molecule has 4 aromatic rings. The van der Waals surface area contributed by atoms with Gasteiger partial charge in [0, 0.05) is 16.5 Å². The smallest absolute Gasteiger partial charge is 0.338 e. The third kappa shape index (κ3) is 3.54. The Kier molecular flexibility index (Phi) is 5.54. The van der Waals surface area contributed by atoms with Gasteiger partial charge >= 0.3 is 5.97 Å². The molecule has 7 nitrogen and oxygen atoms in total. The summed E-state index contributed by atoms with van der Waals surface area (Å²) in [6.07, 6.45) is 0. The van der Waals surface area contributed by atoms with Crippen LogP contribution in [0.5, 0.6) is 11.5 Å². The number of ether oxygens (including phenoxy) is 2. The monoisotopic (exact) mass is 448 g/mol. The molecule has 0 unspecified atom stereocenters. The van der Waals surface area contributed by atoms with Crippen molar-refractivity contribution in [1.82, 2.24) is 4.98 Å². The molecule has 0 aliphatic carbocycles. The topological polar surface area (TPSA) is 112 Å². The number of carboxylic acids is 1. The first-order valence-electron chi connectivity index (χ1n) is 9.64. The van der Waals surface area contributed by atoms with Crippen LogP contribution in [0.3, 0.4) is 0 Å². The Hall–Kier alpha value is -3.91. The second-order valence-electron chi connectivity index (χ2n) is 7.06. The minimum Gasteiger partial charge on any atom is -0.497 e. The Bertz CT molecular complexity index is 1340. The predicted molar refractivity (Wildman–Crippen MR) is 124 cm³/mol. The normalized spacial score (nSPS) is 10.8. The van der Waals surface area contributed by atoms with Gasteiger partial charge in [0.2, 0.25) is 5.78 Å². The van der Waals surface area contributed by atoms with Crippen LogP contribution in [0.4, 0.5) is 5.69 Å². The van der Waals surface area contributed by atoms with E-state index in [4.69, 9.17) is 15.2 Å². The number of aryl methyl sites for hydroxylation is 1. The Morgan fingerprint density at radius 1 is 0.969 bits per heavy atom. The van der Waals surface area contributed by atoms with Gasteiger partial charge in [0.1, 0.15) is 21.2 Å². The number of methoxy groups -OCH3 is 2. The van der Waals surface area contributed by atoms with Crippen molar-refractivity contribution in [3.8, 4) is 22.6 Å². The number of carbonyl (C=O) groups is 2. The third-order valence-electron chi connectivity index (χ3n) is 5.21. The van der Waals surface area contributed by atoms with Gasteiger partial charge in [-0.2, -0.15) is 0 Å². The van der Waals surface area contributed by atoms with Gasteiger partial charge in [-0.25, -0.2) is 9.78 Å². The summed E-state index contributed by atoms with van der Waals surface area (Å²) >= 11 is 1.15. The van der Waals surface area contributed by atoms with Crippen LogP contribution < -0.4 is 15.2 Å². The third-order valence-corrected chi connectivity index (χ3v) is 6.31. The quantitative estimate of drug-likeness (QED) is 0.408. The number of ketones is 1. The molecule has 0 spiro atoms. The number of hydrogen-bond acceptors (Lipinski definition) is 7. The lowest BCUT2D eigenvalue weighted by Crippen LogP contribution is -2.06. The number of thiophene rings is 1. The molecule has 2 aromatic heterocycles. The molecule has 0 amide bonds. The first kappa shape index (κ1) is 21.3. The van der Waals surface area contributed by atoms with E-state index in [1.165, 1.54) is 0 Å². The van der Waals surface area contributed by atoms with Crippen molar-refractivity contribution in [1.29, 1.82) is 0 Å². The largest absolute Gasteiger partial charge is 0.497 e. The number of aromatic carboxylic acids is 1. The van der Waals surface area contributed by atoms with E-state index in [2.05, 4.69) is 4.98 Å². The fourth-order valence-electron chi connectivity index (χ4n) is 3.62. The summed E-state index contributed by atoms with van der Waals surface area (Å²) in [7, 11) is 3.11. The zero-order valence-electron chi connectivity index (χ0n) is 17.6. The van der Waals surface area contributed by atoms with Gasteiger partial charge in [-0.05, 0) is 48.9 Å². The number of nitrogen functional groups attached to an aromatic ring is 1. The van der Waals surface area contributed by atoms with Crippen molar-refractivity contribution in [3.05, 3.63) is 70.2 Å². The van der Waals surface area contributed by atoms with Gasteiger partial charge in [-0.15, -0.1) is 11.3 Å². The van der Waals surface area contributed by atoms with Gasteiger partial charge in [-0.1, -0.05) is 12.1 Å². The highest BCUT2D eigenvalue weighted by Crippen LogP contribution is 2.43. The summed E-state index contributed by atoms with van der Waals surface area (Å²) in [5, 5.41) is 10.4. The summed E-state index contributed by atoms with van der Waals surface area (Å²) in [5.74, 6) is -0.0999. The summed E-state index contributed by atoms with van der Waals surface area (Å²) in [6.45, 7) is 1.64. The highest BCUT2D eigenvalue weighted by atomic mass is 32.1. The molecule has 8 heteroatoms. The first-order chi connectivity index (χ1) is 15.3. The van der Waals surface area contributed by atoms with Crippen molar-refractivity contribution in [3.63, 3.8) is 0 Å². The molecule has 0 bridgehead atoms. The van der Waals surface area contributed by atoms with Crippen LogP contribution in [0.15, 0.2) is 48.5 Å². The molecular weight excluding hydrogens is 428 g/mol. The van der Waals surface area contributed by atoms with Gasteiger partial charge in [-0.3, -0.25) is 4.79 Å². The molecule has 0 aliphatic heterocycles. The molecule has 32 heavy (non-hydrogen) atoms. The van der Waals surface area contributed by atoms with Gasteiger partial charge in [0.15, 0.2) is 0 Å². The van der Waals surface area contributed by atoms with Crippen LogP contribution in [0.25, 0.3) is 21.3 Å². The number of carboxylic acid groups (broad SMARTS) is 1. The fourth-order valence-corrected chi connectivity index (χ4v) is 4.73. The number of carbonyl (C=O) groups excluding carboxylic acids is 1. The summed E-state index contributed by atoms with van der Waals surface area (Å²) in [6, 6.07) is 13.7. The minimum absolute atomic E-state index is 0.0515. The van der Waals surface area contributed by atoms with Gasteiger partial charge in [0.05, 0.1) is 31.2 Å². The fraction of sp³-hybridized carbons (Fsp3) is 0.125. The highest BCUT2D eigenvalue weighted by molar-refractivity contribution is 7.21. The molecule has 2 aromatic carbocycles. The second-order valence-corrected chi connectivity index (χ2v) is 8.06.